The fourth-order valence-electron chi connectivity index (χ4n) is 2.08. The van der Waals surface area contributed by atoms with Crippen LogP contribution < -0.4 is 9.47 Å². The highest BCUT2D eigenvalue weighted by molar-refractivity contribution is 5.70. The first-order chi connectivity index (χ1) is 9.49. The first-order valence-electron chi connectivity index (χ1n) is 7.10. The molecule has 0 aliphatic heterocycles. The molecule has 0 bridgehead atoms. The zero-order valence-electron chi connectivity index (χ0n) is 12.7. The maximum absolute atomic E-state index is 11.3. The number of rotatable bonds is 8. The van der Waals surface area contributed by atoms with E-state index in [0.717, 1.165) is 5.56 Å². The van der Waals surface area contributed by atoms with Gasteiger partial charge in [-0.3, -0.25) is 4.79 Å². The van der Waals surface area contributed by atoms with Crippen LogP contribution in [0, 0.1) is 11.8 Å². The van der Waals surface area contributed by atoms with Gasteiger partial charge in [0.1, 0.15) is 0 Å². The summed E-state index contributed by atoms with van der Waals surface area (Å²) in [6.07, 6.45) is 0.499. The van der Waals surface area contributed by atoms with Gasteiger partial charge in [0.25, 0.3) is 0 Å². The van der Waals surface area contributed by atoms with Crippen molar-refractivity contribution in [3.8, 4) is 11.5 Å². The van der Waals surface area contributed by atoms with Crippen molar-refractivity contribution in [3.63, 3.8) is 0 Å². The SMILES string of the molecule is CCOc1ccc(CC(C(=O)O)C(C)C)cc1OCC. The van der Waals surface area contributed by atoms with Gasteiger partial charge >= 0.3 is 5.97 Å². The smallest absolute Gasteiger partial charge is 0.307 e. The molecule has 1 aromatic carbocycles. The van der Waals surface area contributed by atoms with E-state index >= 15 is 0 Å². The van der Waals surface area contributed by atoms with Crippen LogP contribution in [-0.4, -0.2) is 24.3 Å². The van der Waals surface area contributed by atoms with Crippen molar-refractivity contribution in [2.24, 2.45) is 11.8 Å². The zero-order valence-corrected chi connectivity index (χ0v) is 12.7. The van der Waals surface area contributed by atoms with Gasteiger partial charge in [-0.15, -0.1) is 0 Å². The normalized spacial score (nSPS) is 12.2. The molecule has 0 amide bonds. The lowest BCUT2D eigenvalue weighted by molar-refractivity contribution is -0.143. The highest BCUT2D eigenvalue weighted by Crippen LogP contribution is 2.30. The Kier molecular flexibility index (Phi) is 6.36. The second-order valence-electron chi connectivity index (χ2n) is 5.04. The minimum Gasteiger partial charge on any atom is -0.490 e. The van der Waals surface area contributed by atoms with Gasteiger partial charge in [0.2, 0.25) is 0 Å². The van der Waals surface area contributed by atoms with Crippen molar-refractivity contribution in [2.75, 3.05) is 13.2 Å². The number of hydrogen-bond donors (Lipinski definition) is 1. The molecule has 1 aromatic rings. The number of carboxylic acid groups (broad SMARTS) is 1. The summed E-state index contributed by atoms with van der Waals surface area (Å²) in [5, 5.41) is 9.26. The van der Waals surface area contributed by atoms with Crippen molar-refractivity contribution in [1.29, 1.82) is 0 Å². The van der Waals surface area contributed by atoms with E-state index in [2.05, 4.69) is 0 Å². The van der Waals surface area contributed by atoms with E-state index in [9.17, 15) is 9.90 Å². The summed E-state index contributed by atoms with van der Waals surface area (Å²) < 4.78 is 11.1. The average Bonchev–Trinajstić information content (AvgIpc) is 2.38. The molecule has 0 aliphatic rings. The van der Waals surface area contributed by atoms with Crippen molar-refractivity contribution in [1.82, 2.24) is 0 Å². The number of carboxylic acids is 1. The molecule has 1 unspecified atom stereocenters. The van der Waals surface area contributed by atoms with E-state index in [1.165, 1.54) is 0 Å². The summed E-state index contributed by atoms with van der Waals surface area (Å²) in [4.78, 5) is 11.3. The summed E-state index contributed by atoms with van der Waals surface area (Å²) in [5.74, 6) is 0.332. The molecule has 1 atom stereocenters. The predicted molar refractivity (Wildman–Crippen MR) is 78.4 cm³/mol. The minimum absolute atomic E-state index is 0.0922. The lowest BCUT2D eigenvalue weighted by Gasteiger charge is -2.17. The predicted octanol–water partition coefficient (Wildman–Crippen LogP) is 3.38. The highest BCUT2D eigenvalue weighted by Gasteiger charge is 2.22. The Bertz CT molecular complexity index is 440. The molecule has 112 valence electrons. The Morgan fingerprint density at radius 3 is 2.25 bits per heavy atom. The molecule has 0 fully saturated rings. The average molecular weight is 280 g/mol. The Labute approximate surface area is 120 Å². The van der Waals surface area contributed by atoms with E-state index in [1.54, 1.807) is 0 Å². The monoisotopic (exact) mass is 280 g/mol. The third-order valence-corrected chi connectivity index (χ3v) is 3.19. The van der Waals surface area contributed by atoms with Crippen LogP contribution >= 0.6 is 0 Å². The first kappa shape index (κ1) is 16.3. The van der Waals surface area contributed by atoms with Gasteiger partial charge < -0.3 is 14.6 Å². The highest BCUT2D eigenvalue weighted by atomic mass is 16.5. The van der Waals surface area contributed by atoms with Gasteiger partial charge in [-0.2, -0.15) is 0 Å². The molecule has 0 radical (unpaired) electrons. The Balaban J connectivity index is 2.95. The molecular weight excluding hydrogens is 256 g/mol. The van der Waals surface area contributed by atoms with E-state index in [1.807, 2.05) is 45.9 Å². The minimum atomic E-state index is -0.758. The van der Waals surface area contributed by atoms with Crippen LogP contribution in [-0.2, 0) is 11.2 Å². The fourth-order valence-corrected chi connectivity index (χ4v) is 2.08. The van der Waals surface area contributed by atoms with Gasteiger partial charge in [-0.1, -0.05) is 19.9 Å². The third kappa shape index (κ3) is 4.44. The molecular formula is C16H24O4. The lowest BCUT2D eigenvalue weighted by atomic mass is 9.89. The second kappa shape index (κ2) is 7.78. The summed E-state index contributed by atoms with van der Waals surface area (Å²) in [7, 11) is 0. The van der Waals surface area contributed by atoms with Crippen molar-refractivity contribution >= 4 is 5.97 Å². The van der Waals surface area contributed by atoms with Gasteiger partial charge in [-0.05, 0) is 43.9 Å². The summed E-state index contributed by atoms with van der Waals surface area (Å²) in [6.45, 7) is 8.81. The Hall–Kier alpha value is -1.71. The second-order valence-corrected chi connectivity index (χ2v) is 5.04. The number of hydrogen-bond acceptors (Lipinski definition) is 3. The molecule has 1 rings (SSSR count). The molecule has 0 spiro atoms. The summed E-state index contributed by atoms with van der Waals surface area (Å²) >= 11 is 0. The van der Waals surface area contributed by atoms with Gasteiger partial charge in [0.15, 0.2) is 11.5 Å². The van der Waals surface area contributed by atoms with E-state index in [-0.39, 0.29) is 11.8 Å². The molecule has 4 nitrogen and oxygen atoms in total. The van der Waals surface area contributed by atoms with Crippen LogP contribution in [0.3, 0.4) is 0 Å². The van der Waals surface area contributed by atoms with Crippen LogP contribution in [0.1, 0.15) is 33.3 Å². The Morgan fingerprint density at radius 1 is 1.15 bits per heavy atom. The maximum atomic E-state index is 11.3. The molecule has 4 heteroatoms. The first-order valence-corrected chi connectivity index (χ1v) is 7.10. The van der Waals surface area contributed by atoms with Crippen LogP contribution in [0.5, 0.6) is 11.5 Å². The molecule has 0 aromatic heterocycles. The number of carbonyl (C=O) groups is 1. The quantitative estimate of drug-likeness (QED) is 0.793. The standard InChI is InChI=1S/C16H24O4/c1-5-19-14-8-7-12(10-15(14)20-6-2)9-13(11(3)4)16(17)18/h7-8,10-11,13H,5-6,9H2,1-4H3,(H,17,18). The molecule has 0 aliphatic carbocycles. The lowest BCUT2D eigenvalue weighted by Crippen LogP contribution is -2.22. The number of benzene rings is 1. The molecule has 0 heterocycles. The maximum Gasteiger partial charge on any atom is 0.307 e. The molecule has 0 saturated carbocycles. The van der Waals surface area contributed by atoms with Crippen molar-refractivity contribution in [2.45, 2.75) is 34.1 Å². The van der Waals surface area contributed by atoms with Crippen molar-refractivity contribution < 1.29 is 19.4 Å². The fraction of sp³-hybridized carbons (Fsp3) is 0.562. The summed E-state index contributed by atoms with van der Waals surface area (Å²) in [5.41, 5.74) is 0.956. The zero-order chi connectivity index (χ0) is 15.1. The van der Waals surface area contributed by atoms with Gasteiger partial charge in [0, 0.05) is 0 Å². The van der Waals surface area contributed by atoms with E-state index in [0.29, 0.717) is 31.1 Å². The topological polar surface area (TPSA) is 55.8 Å². The Morgan fingerprint density at radius 2 is 1.75 bits per heavy atom. The molecule has 0 saturated heterocycles. The van der Waals surface area contributed by atoms with Crippen LogP contribution in [0.25, 0.3) is 0 Å². The number of aliphatic carboxylic acids is 1. The van der Waals surface area contributed by atoms with E-state index < -0.39 is 5.97 Å². The largest absolute Gasteiger partial charge is 0.490 e. The van der Waals surface area contributed by atoms with Crippen molar-refractivity contribution in [3.05, 3.63) is 23.8 Å². The summed E-state index contributed by atoms with van der Waals surface area (Å²) in [6, 6.07) is 5.64. The number of ether oxygens (including phenoxy) is 2. The van der Waals surface area contributed by atoms with Crippen LogP contribution in [0.2, 0.25) is 0 Å². The molecule has 20 heavy (non-hydrogen) atoms. The van der Waals surface area contributed by atoms with Gasteiger partial charge in [0.05, 0.1) is 19.1 Å². The van der Waals surface area contributed by atoms with Crippen LogP contribution in [0.15, 0.2) is 18.2 Å². The van der Waals surface area contributed by atoms with E-state index in [4.69, 9.17) is 9.47 Å². The van der Waals surface area contributed by atoms with Gasteiger partial charge in [-0.25, -0.2) is 0 Å². The third-order valence-electron chi connectivity index (χ3n) is 3.19. The van der Waals surface area contributed by atoms with Crippen LogP contribution in [0.4, 0.5) is 0 Å². The molecule has 1 N–H and O–H groups in total.